The van der Waals surface area contributed by atoms with Crippen LogP contribution >= 0.6 is 0 Å². The fraction of sp³-hybridized carbons (Fsp3) is 0.241. The molecule has 2 amide bonds. The zero-order valence-corrected chi connectivity index (χ0v) is 21.4. The lowest BCUT2D eigenvalue weighted by Crippen LogP contribution is -2.57. The molecule has 2 N–H and O–H groups in total. The number of imide groups is 1. The van der Waals surface area contributed by atoms with Crippen molar-refractivity contribution in [3.05, 3.63) is 111 Å². The van der Waals surface area contributed by atoms with E-state index in [1.165, 1.54) is 43.5 Å². The molecule has 2 heterocycles. The van der Waals surface area contributed by atoms with Crippen LogP contribution in [0.5, 0.6) is 0 Å². The second-order valence-electron chi connectivity index (χ2n) is 9.86. The molecule has 3 aromatic carbocycles. The number of carbonyl (C=O) groups is 4. The lowest BCUT2D eigenvalue weighted by Gasteiger charge is -2.31. The van der Waals surface area contributed by atoms with Gasteiger partial charge in [-0.2, -0.15) is 0 Å². The second kappa shape index (κ2) is 10.3. The highest BCUT2D eigenvalue weighted by atomic mass is 16.6. The summed E-state index contributed by atoms with van der Waals surface area (Å²) in [5, 5.41) is 24.8. The highest BCUT2D eigenvalue weighted by Gasteiger charge is 2.68. The van der Waals surface area contributed by atoms with Crippen molar-refractivity contribution in [1.29, 1.82) is 0 Å². The van der Waals surface area contributed by atoms with Crippen LogP contribution in [0.4, 0.5) is 5.69 Å². The van der Waals surface area contributed by atoms with Gasteiger partial charge < -0.3 is 9.84 Å². The lowest BCUT2D eigenvalue weighted by atomic mass is 9.76. The first-order valence-electron chi connectivity index (χ1n) is 12.5. The summed E-state index contributed by atoms with van der Waals surface area (Å²) in [6.07, 6.45) is -0.198. The molecule has 4 unspecified atom stereocenters. The van der Waals surface area contributed by atoms with Crippen molar-refractivity contribution in [3.8, 4) is 0 Å². The fourth-order valence-corrected chi connectivity index (χ4v) is 5.71. The number of nitro benzene ring substituents is 1. The number of esters is 1. The molecule has 2 saturated heterocycles. The molecule has 0 spiro atoms. The Bertz CT molecular complexity index is 1490. The molecule has 0 aliphatic carbocycles. The van der Waals surface area contributed by atoms with E-state index in [-0.39, 0.29) is 24.2 Å². The van der Waals surface area contributed by atoms with Gasteiger partial charge in [-0.15, -0.1) is 0 Å². The van der Waals surface area contributed by atoms with E-state index in [1.807, 2.05) is 6.07 Å². The monoisotopic (exact) mass is 543 g/mol. The first-order chi connectivity index (χ1) is 19.2. The molecule has 3 aromatic rings. The van der Waals surface area contributed by atoms with E-state index < -0.39 is 52.1 Å². The van der Waals surface area contributed by atoms with Gasteiger partial charge in [-0.1, -0.05) is 54.6 Å². The van der Waals surface area contributed by atoms with E-state index in [2.05, 4.69) is 5.32 Å². The quantitative estimate of drug-likeness (QED) is 0.189. The molecular formula is C29H25N3O8. The first-order valence-corrected chi connectivity index (χ1v) is 12.5. The summed E-state index contributed by atoms with van der Waals surface area (Å²) in [7, 11) is 1.25. The number of aliphatic carboxylic acids is 1. The number of nitrogens with zero attached hydrogens (tertiary/aromatic N) is 2. The van der Waals surface area contributed by atoms with Gasteiger partial charge in [-0.05, 0) is 28.8 Å². The van der Waals surface area contributed by atoms with Gasteiger partial charge in [0, 0.05) is 24.6 Å². The van der Waals surface area contributed by atoms with Gasteiger partial charge in [0.05, 0.1) is 36.0 Å². The Balaban J connectivity index is 1.58. The predicted octanol–water partition coefficient (Wildman–Crippen LogP) is 2.89. The smallest absolute Gasteiger partial charge is 0.337 e. The number of amides is 2. The van der Waals surface area contributed by atoms with Gasteiger partial charge in [0.1, 0.15) is 5.54 Å². The zero-order chi connectivity index (χ0) is 28.6. The summed E-state index contributed by atoms with van der Waals surface area (Å²) in [5.74, 6) is -5.26. The zero-order valence-electron chi connectivity index (χ0n) is 21.4. The average Bonchev–Trinajstić information content (AvgIpc) is 3.43. The molecule has 11 nitrogen and oxygen atoms in total. The first kappa shape index (κ1) is 26.7. The maximum atomic E-state index is 13.9. The fourth-order valence-electron chi connectivity index (χ4n) is 5.71. The maximum absolute atomic E-state index is 13.9. The summed E-state index contributed by atoms with van der Waals surface area (Å²) in [6.45, 7) is -0.00721. The summed E-state index contributed by atoms with van der Waals surface area (Å²) in [5.41, 5.74) is -0.0805. The SMILES string of the molecule is COC(=O)c1ccc(C2NC(Cc3ccc([N+](=O)[O-])cc3)(C(=O)O)C3C(=O)N(Cc4ccccc4)C(=O)C23)cc1. The van der Waals surface area contributed by atoms with Crippen molar-refractivity contribution >= 4 is 29.4 Å². The minimum absolute atomic E-state index is 0.00721. The van der Waals surface area contributed by atoms with Gasteiger partial charge in [0.25, 0.3) is 5.69 Å². The van der Waals surface area contributed by atoms with Crippen LogP contribution in [-0.4, -0.2) is 51.3 Å². The number of non-ortho nitro benzene ring substituents is 1. The topological polar surface area (TPSA) is 156 Å². The van der Waals surface area contributed by atoms with Crippen LogP contribution in [0.15, 0.2) is 78.9 Å². The van der Waals surface area contributed by atoms with Crippen LogP contribution in [0.3, 0.4) is 0 Å². The number of rotatable bonds is 8. The third kappa shape index (κ3) is 4.50. The lowest BCUT2D eigenvalue weighted by molar-refractivity contribution is -0.384. The van der Waals surface area contributed by atoms with Crippen LogP contribution in [-0.2, 0) is 32.1 Å². The molecule has 204 valence electrons. The van der Waals surface area contributed by atoms with E-state index in [0.29, 0.717) is 16.7 Å². The van der Waals surface area contributed by atoms with Crippen LogP contribution in [0, 0.1) is 22.0 Å². The van der Waals surface area contributed by atoms with E-state index in [1.54, 1.807) is 36.4 Å². The molecule has 4 atom stereocenters. The van der Waals surface area contributed by atoms with Crippen molar-refractivity contribution in [1.82, 2.24) is 10.2 Å². The molecule has 2 aliphatic rings. The molecule has 2 aliphatic heterocycles. The number of benzene rings is 3. The van der Waals surface area contributed by atoms with Gasteiger partial charge in [0.2, 0.25) is 11.8 Å². The van der Waals surface area contributed by atoms with Crippen LogP contribution in [0.1, 0.15) is 33.1 Å². The van der Waals surface area contributed by atoms with Crippen molar-refractivity contribution in [2.24, 2.45) is 11.8 Å². The summed E-state index contributed by atoms with van der Waals surface area (Å²) in [4.78, 5) is 64.3. The Morgan fingerprint density at radius 3 is 2.20 bits per heavy atom. The van der Waals surface area contributed by atoms with Crippen molar-refractivity contribution in [3.63, 3.8) is 0 Å². The average molecular weight is 544 g/mol. The summed E-state index contributed by atoms with van der Waals surface area (Å²) < 4.78 is 4.75. The highest BCUT2D eigenvalue weighted by molar-refractivity contribution is 6.09. The van der Waals surface area contributed by atoms with E-state index in [9.17, 15) is 34.4 Å². The number of nitro groups is 1. The standard InChI is InChI=1S/C29H25N3O8/c1-40-27(35)20-11-9-19(10-12-20)24-22-23(26(34)31(25(22)33)16-18-5-3-2-4-6-18)29(30-24,28(36)37)15-17-7-13-21(14-8-17)32(38)39/h2-14,22-24,30H,15-16H2,1H3,(H,36,37). The van der Waals surface area contributed by atoms with Crippen molar-refractivity contribution in [2.75, 3.05) is 7.11 Å². The minimum Gasteiger partial charge on any atom is -0.480 e. The van der Waals surface area contributed by atoms with E-state index in [0.717, 1.165) is 4.90 Å². The third-order valence-electron chi connectivity index (χ3n) is 7.63. The van der Waals surface area contributed by atoms with E-state index in [4.69, 9.17) is 4.74 Å². The Morgan fingerprint density at radius 2 is 1.62 bits per heavy atom. The molecule has 2 fully saturated rings. The normalized spacial score (nSPS) is 23.6. The number of likely N-dealkylation sites (tertiary alicyclic amines) is 1. The minimum atomic E-state index is -1.88. The van der Waals surface area contributed by atoms with Crippen molar-refractivity contribution in [2.45, 2.75) is 24.5 Å². The summed E-state index contributed by atoms with van der Waals surface area (Å²) >= 11 is 0. The molecule has 0 bridgehead atoms. The number of methoxy groups -OCH3 is 1. The van der Waals surface area contributed by atoms with Crippen LogP contribution < -0.4 is 5.32 Å². The Hall–Kier alpha value is -4.90. The molecule has 11 heteroatoms. The van der Waals surface area contributed by atoms with Crippen LogP contribution in [0.25, 0.3) is 0 Å². The maximum Gasteiger partial charge on any atom is 0.337 e. The molecular weight excluding hydrogens is 518 g/mol. The number of carboxylic acid groups (broad SMARTS) is 1. The number of carboxylic acids is 1. The largest absolute Gasteiger partial charge is 0.480 e. The molecule has 0 radical (unpaired) electrons. The number of carbonyl (C=O) groups excluding carboxylic acids is 3. The van der Waals surface area contributed by atoms with Gasteiger partial charge in [-0.3, -0.25) is 34.7 Å². The number of nitrogens with one attached hydrogen (secondary N) is 1. The Morgan fingerprint density at radius 1 is 0.975 bits per heavy atom. The van der Waals surface area contributed by atoms with Crippen LogP contribution in [0.2, 0.25) is 0 Å². The molecule has 40 heavy (non-hydrogen) atoms. The number of fused-ring (bicyclic) bond motifs is 1. The Labute approximate surface area is 228 Å². The summed E-state index contributed by atoms with van der Waals surface area (Å²) in [6, 6.07) is 19.7. The molecule has 0 aromatic heterocycles. The van der Waals surface area contributed by atoms with Crippen molar-refractivity contribution < 1.29 is 33.9 Å². The number of ether oxygens (including phenoxy) is 1. The van der Waals surface area contributed by atoms with Gasteiger partial charge >= 0.3 is 11.9 Å². The number of hydrogen-bond acceptors (Lipinski definition) is 8. The number of hydrogen-bond donors (Lipinski definition) is 2. The van der Waals surface area contributed by atoms with Gasteiger partial charge in [0.15, 0.2) is 0 Å². The predicted molar refractivity (Wildman–Crippen MR) is 140 cm³/mol. The van der Waals surface area contributed by atoms with E-state index >= 15 is 0 Å². The molecule has 5 rings (SSSR count). The second-order valence-corrected chi connectivity index (χ2v) is 9.86. The third-order valence-corrected chi connectivity index (χ3v) is 7.63. The van der Waals surface area contributed by atoms with Gasteiger partial charge in [-0.25, -0.2) is 4.79 Å². The molecule has 0 saturated carbocycles. The Kier molecular flexibility index (Phi) is 6.90. The highest BCUT2D eigenvalue weighted by Crippen LogP contribution is 2.50.